The van der Waals surface area contributed by atoms with Crippen LogP contribution in [-0.4, -0.2) is 47.0 Å². The highest BCUT2D eigenvalue weighted by atomic mass is 19.1. The van der Waals surface area contributed by atoms with E-state index in [1.165, 1.54) is 12.3 Å². The van der Waals surface area contributed by atoms with Gasteiger partial charge in [-0.25, -0.2) is 8.78 Å². The van der Waals surface area contributed by atoms with Crippen molar-refractivity contribution in [1.82, 2.24) is 14.9 Å². The number of halogens is 2. The van der Waals surface area contributed by atoms with Crippen LogP contribution in [0.3, 0.4) is 0 Å². The lowest BCUT2D eigenvalue weighted by Crippen LogP contribution is -2.49. The smallest absolute Gasteiger partial charge is 0.270 e. The van der Waals surface area contributed by atoms with Crippen LogP contribution in [0.15, 0.2) is 54.7 Å². The molecule has 2 aromatic carbocycles. The van der Waals surface area contributed by atoms with Crippen molar-refractivity contribution in [1.29, 1.82) is 0 Å². The molecule has 1 N–H and O–H groups in total. The molecule has 1 fully saturated rings. The van der Waals surface area contributed by atoms with Crippen molar-refractivity contribution in [3.63, 3.8) is 0 Å². The molecule has 3 heterocycles. The number of aromatic nitrogens is 2. The maximum absolute atomic E-state index is 14.1. The van der Waals surface area contributed by atoms with Gasteiger partial charge in [-0.1, -0.05) is 18.2 Å². The highest BCUT2D eigenvalue weighted by Crippen LogP contribution is 2.29. The Labute approximate surface area is 165 Å². The van der Waals surface area contributed by atoms with Gasteiger partial charge in [0, 0.05) is 60.4 Å². The van der Waals surface area contributed by atoms with Gasteiger partial charge in [0.15, 0.2) is 5.82 Å². The van der Waals surface area contributed by atoms with E-state index < -0.39 is 11.6 Å². The minimum absolute atomic E-state index is 0.0440. The number of H-pyrrole nitrogens is 1. The first-order valence-electron chi connectivity index (χ1n) is 9.46. The largest absolute Gasteiger partial charge is 0.367 e. The van der Waals surface area contributed by atoms with Gasteiger partial charge < -0.3 is 14.8 Å². The van der Waals surface area contributed by atoms with E-state index in [-0.39, 0.29) is 11.4 Å². The highest BCUT2D eigenvalue weighted by Gasteiger charge is 2.24. The molecule has 2 aromatic heterocycles. The van der Waals surface area contributed by atoms with Crippen LogP contribution in [0.2, 0.25) is 0 Å². The average molecular weight is 392 g/mol. The minimum Gasteiger partial charge on any atom is -0.367 e. The number of fused-ring (bicyclic) bond motifs is 2. The molecule has 0 aliphatic carbocycles. The first-order valence-corrected chi connectivity index (χ1v) is 9.46. The molecule has 4 aromatic rings. The Morgan fingerprint density at radius 1 is 1.00 bits per heavy atom. The number of hydrogen-bond acceptors (Lipinski definition) is 3. The molecule has 7 heteroatoms. The number of carbonyl (C=O) groups is 1. The summed E-state index contributed by atoms with van der Waals surface area (Å²) in [6.07, 6.45) is 1.53. The molecule has 1 aliphatic heterocycles. The third-order valence-electron chi connectivity index (χ3n) is 5.41. The van der Waals surface area contributed by atoms with Crippen LogP contribution in [0.1, 0.15) is 10.5 Å². The molecule has 0 spiro atoms. The van der Waals surface area contributed by atoms with Crippen molar-refractivity contribution < 1.29 is 13.6 Å². The quantitative estimate of drug-likeness (QED) is 0.562. The van der Waals surface area contributed by atoms with Crippen molar-refractivity contribution in [3.8, 4) is 0 Å². The maximum Gasteiger partial charge on any atom is 0.270 e. The summed E-state index contributed by atoms with van der Waals surface area (Å²) in [6.45, 7) is 2.19. The van der Waals surface area contributed by atoms with Crippen LogP contribution in [0, 0.1) is 11.6 Å². The summed E-state index contributed by atoms with van der Waals surface area (Å²) < 4.78 is 27.8. The molecule has 146 valence electrons. The molecule has 0 radical (unpaired) electrons. The number of benzene rings is 2. The third kappa shape index (κ3) is 3.08. The van der Waals surface area contributed by atoms with Gasteiger partial charge in [0.2, 0.25) is 0 Å². The van der Waals surface area contributed by atoms with E-state index in [2.05, 4.69) is 9.97 Å². The number of para-hydroxylation sites is 1. The number of amides is 1. The number of pyridine rings is 1. The Hall–Kier alpha value is -3.48. The van der Waals surface area contributed by atoms with Crippen molar-refractivity contribution in [2.45, 2.75) is 0 Å². The second kappa shape index (κ2) is 6.84. The Morgan fingerprint density at radius 2 is 1.79 bits per heavy atom. The van der Waals surface area contributed by atoms with Gasteiger partial charge in [-0.3, -0.25) is 9.78 Å². The fourth-order valence-corrected chi connectivity index (χ4v) is 3.95. The molecule has 5 rings (SSSR count). The number of rotatable bonds is 2. The monoisotopic (exact) mass is 392 g/mol. The highest BCUT2D eigenvalue weighted by molar-refractivity contribution is 5.98. The minimum atomic E-state index is -0.672. The summed E-state index contributed by atoms with van der Waals surface area (Å²) >= 11 is 0. The number of nitrogens with zero attached hydrogens (tertiary/aromatic N) is 3. The lowest BCUT2D eigenvalue weighted by Gasteiger charge is -2.36. The Morgan fingerprint density at radius 3 is 2.59 bits per heavy atom. The molecule has 1 aliphatic rings. The molecule has 1 saturated heterocycles. The molecule has 29 heavy (non-hydrogen) atoms. The number of piperazine rings is 1. The number of nitrogens with one attached hydrogen (secondary N) is 1. The Balaban J connectivity index is 1.36. The van der Waals surface area contributed by atoms with E-state index in [1.54, 1.807) is 11.0 Å². The second-order valence-electron chi connectivity index (χ2n) is 7.16. The van der Waals surface area contributed by atoms with E-state index >= 15 is 0 Å². The predicted octanol–water partition coefficient (Wildman–Crippen LogP) is 3.96. The zero-order valence-electron chi connectivity index (χ0n) is 15.5. The summed E-state index contributed by atoms with van der Waals surface area (Å²) in [6, 6.07) is 13.6. The first kappa shape index (κ1) is 17.6. The predicted molar refractivity (Wildman–Crippen MR) is 108 cm³/mol. The normalized spacial score (nSPS) is 14.7. The number of hydrogen-bond donors (Lipinski definition) is 1. The Bertz CT molecular complexity index is 1200. The lowest BCUT2D eigenvalue weighted by molar-refractivity contribution is 0.0742. The van der Waals surface area contributed by atoms with Gasteiger partial charge in [-0.2, -0.15) is 0 Å². The van der Waals surface area contributed by atoms with Crippen LogP contribution in [0.25, 0.3) is 21.8 Å². The fraction of sp³-hybridized carbons (Fsp3) is 0.182. The first-order chi connectivity index (χ1) is 14.1. The van der Waals surface area contributed by atoms with Crippen LogP contribution in [0.4, 0.5) is 14.5 Å². The molecule has 0 unspecified atom stereocenters. The van der Waals surface area contributed by atoms with Crippen molar-refractivity contribution in [2.75, 3.05) is 31.1 Å². The van der Waals surface area contributed by atoms with Crippen molar-refractivity contribution in [2.24, 2.45) is 0 Å². The van der Waals surface area contributed by atoms with E-state index in [0.717, 1.165) is 22.7 Å². The molecule has 0 atom stereocenters. The fourth-order valence-electron chi connectivity index (χ4n) is 3.95. The molecule has 5 nitrogen and oxygen atoms in total. The Kier molecular flexibility index (Phi) is 4.16. The van der Waals surface area contributed by atoms with Gasteiger partial charge >= 0.3 is 0 Å². The molecular formula is C22H18F2N4O. The lowest BCUT2D eigenvalue weighted by atomic mass is 10.1. The van der Waals surface area contributed by atoms with Gasteiger partial charge in [0.1, 0.15) is 17.0 Å². The van der Waals surface area contributed by atoms with E-state index in [9.17, 15) is 13.6 Å². The zero-order chi connectivity index (χ0) is 20.0. The van der Waals surface area contributed by atoms with Gasteiger partial charge in [-0.15, -0.1) is 0 Å². The molecule has 1 amide bonds. The van der Waals surface area contributed by atoms with Crippen LogP contribution >= 0.6 is 0 Å². The van der Waals surface area contributed by atoms with Crippen LogP contribution in [0.5, 0.6) is 0 Å². The number of aromatic amines is 1. The van der Waals surface area contributed by atoms with Crippen molar-refractivity contribution in [3.05, 3.63) is 72.1 Å². The van der Waals surface area contributed by atoms with E-state index in [1.807, 2.05) is 35.2 Å². The van der Waals surface area contributed by atoms with Crippen molar-refractivity contribution >= 4 is 33.4 Å². The topological polar surface area (TPSA) is 52.2 Å². The van der Waals surface area contributed by atoms with Crippen LogP contribution in [-0.2, 0) is 0 Å². The average Bonchev–Trinajstić information content (AvgIpc) is 3.17. The van der Waals surface area contributed by atoms with Crippen LogP contribution < -0.4 is 4.90 Å². The number of anilines is 1. The van der Waals surface area contributed by atoms with E-state index in [4.69, 9.17) is 0 Å². The molecule has 0 bridgehead atoms. The zero-order valence-corrected chi connectivity index (χ0v) is 15.5. The SMILES string of the molecule is O=C(c1cc2ccccc2[nH]1)N1CCN(c2ccnc3c(F)cc(F)cc23)CC1. The standard InChI is InChI=1S/C22H18F2N4O/c23-15-12-16-20(5-6-25-21(16)17(24)13-15)27-7-9-28(10-8-27)22(29)19-11-14-3-1-2-4-18(14)26-19/h1-6,11-13,26H,7-10H2. The van der Waals surface area contributed by atoms with Gasteiger partial charge in [-0.05, 0) is 24.3 Å². The number of carbonyl (C=O) groups excluding carboxylic acids is 1. The maximum atomic E-state index is 14.1. The van der Waals surface area contributed by atoms with E-state index in [0.29, 0.717) is 37.3 Å². The summed E-state index contributed by atoms with van der Waals surface area (Å²) in [5, 5.41) is 1.45. The summed E-state index contributed by atoms with van der Waals surface area (Å²) in [5.41, 5.74) is 2.38. The summed E-state index contributed by atoms with van der Waals surface area (Å²) in [4.78, 5) is 23.9. The van der Waals surface area contributed by atoms with Gasteiger partial charge in [0.25, 0.3) is 5.91 Å². The molecular weight excluding hydrogens is 374 g/mol. The second-order valence-corrected chi connectivity index (χ2v) is 7.16. The summed E-state index contributed by atoms with van der Waals surface area (Å²) in [7, 11) is 0. The third-order valence-corrected chi connectivity index (χ3v) is 5.41. The summed E-state index contributed by atoms with van der Waals surface area (Å²) in [5.74, 6) is -1.34. The van der Waals surface area contributed by atoms with Gasteiger partial charge in [0.05, 0.1) is 0 Å². The molecule has 0 saturated carbocycles.